The zero-order valence-electron chi connectivity index (χ0n) is 14.1. The molecule has 6 heteroatoms. The topological polar surface area (TPSA) is 45.7 Å². The summed E-state index contributed by atoms with van der Waals surface area (Å²) in [7, 11) is 1.55. The molecule has 2 aromatic rings. The lowest BCUT2D eigenvalue weighted by atomic mass is 10.1. The van der Waals surface area contributed by atoms with Crippen molar-refractivity contribution in [3.63, 3.8) is 0 Å². The quantitative estimate of drug-likeness (QED) is 0.852. The van der Waals surface area contributed by atoms with E-state index in [2.05, 4.69) is 4.90 Å². The highest BCUT2D eigenvalue weighted by atomic mass is 35.5. The normalized spacial score (nSPS) is 15.9. The molecule has 128 valence electrons. The Morgan fingerprint density at radius 3 is 2.67 bits per heavy atom. The number of fused-ring (bicyclic) bond motifs is 1. The van der Waals surface area contributed by atoms with Crippen molar-refractivity contribution < 1.29 is 9.53 Å². The van der Waals surface area contributed by atoms with Crippen molar-refractivity contribution in [3.8, 4) is 0 Å². The van der Waals surface area contributed by atoms with E-state index in [1.807, 2.05) is 36.1 Å². The van der Waals surface area contributed by atoms with Crippen molar-refractivity contribution in [1.82, 2.24) is 14.8 Å². The third kappa shape index (κ3) is 3.53. The highest BCUT2D eigenvalue weighted by Crippen LogP contribution is 2.27. The number of para-hydroxylation sites is 1. The molecule has 0 atom stereocenters. The highest BCUT2D eigenvalue weighted by Gasteiger charge is 2.22. The van der Waals surface area contributed by atoms with E-state index in [0.717, 1.165) is 40.3 Å². The average molecular weight is 348 g/mol. The first-order valence-electron chi connectivity index (χ1n) is 8.13. The van der Waals surface area contributed by atoms with Gasteiger partial charge in [0.2, 0.25) is 5.91 Å². The van der Waals surface area contributed by atoms with E-state index < -0.39 is 0 Å². The Hall–Kier alpha value is -1.69. The van der Waals surface area contributed by atoms with Crippen LogP contribution in [-0.4, -0.2) is 60.6 Å². The molecule has 1 aromatic heterocycles. The molecule has 0 bridgehead atoms. The zero-order chi connectivity index (χ0) is 17.1. The molecule has 1 aliphatic heterocycles. The molecule has 0 spiro atoms. The first kappa shape index (κ1) is 17.1. The van der Waals surface area contributed by atoms with Gasteiger partial charge in [0.1, 0.15) is 6.61 Å². The van der Waals surface area contributed by atoms with Crippen molar-refractivity contribution in [1.29, 1.82) is 0 Å². The lowest BCUT2D eigenvalue weighted by Crippen LogP contribution is -2.49. The fourth-order valence-electron chi connectivity index (χ4n) is 3.10. The number of pyridine rings is 1. The Morgan fingerprint density at radius 1 is 1.25 bits per heavy atom. The summed E-state index contributed by atoms with van der Waals surface area (Å²) in [6, 6.07) is 8.06. The van der Waals surface area contributed by atoms with Gasteiger partial charge in [-0.05, 0) is 18.6 Å². The predicted octanol–water partition coefficient (Wildman–Crippen LogP) is 2.49. The van der Waals surface area contributed by atoms with Crippen LogP contribution in [0.3, 0.4) is 0 Å². The van der Waals surface area contributed by atoms with Crippen LogP contribution >= 0.6 is 11.6 Å². The summed E-state index contributed by atoms with van der Waals surface area (Å²) < 4.78 is 4.92. The summed E-state index contributed by atoms with van der Waals surface area (Å²) in [6.45, 7) is 5.96. The van der Waals surface area contributed by atoms with Gasteiger partial charge >= 0.3 is 0 Å². The van der Waals surface area contributed by atoms with E-state index in [9.17, 15) is 4.79 Å². The Labute approximate surface area is 147 Å². The molecule has 0 saturated carbocycles. The molecule has 0 N–H and O–H groups in total. The van der Waals surface area contributed by atoms with Crippen molar-refractivity contribution in [3.05, 3.63) is 40.5 Å². The van der Waals surface area contributed by atoms with Crippen LogP contribution in [-0.2, 0) is 16.1 Å². The smallest absolute Gasteiger partial charge is 0.248 e. The maximum absolute atomic E-state index is 11.9. The summed E-state index contributed by atoms with van der Waals surface area (Å²) in [5.74, 6) is 0.0508. The number of aryl methyl sites for hydroxylation is 1. The number of aromatic nitrogens is 1. The molecule has 0 aliphatic carbocycles. The van der Waals surface area contributed by atoms with Crippen molar-refractivity contribution in [2.24, 2.45) is 0 Å². The number of ether oxygens (including phenoxy) is 1. The van der Waals surface area contributed by atoms with Gasteiger partial charge in [-0.15, -0.1) is 0 Å². The number of rotatable bonds is 4. The van der Waals surface area contributed by atoms with E-state index in [1.165, 1.54) is 0 Å². The number of benzene rings is 1. The minimum Gasteiger partial charge on any atom is -0.375 e. The lowest BCUT2D eigenvalue weighted by molar-refractivity contribution is -0.136. The molecular weight excluding hydrogens is 326 g/mol. The molecule has 0 unspecified atom stereocenters. The summed E-state index contributed by atoms with van der Waals surface area (Å²) in [6.07, 6.45) is 0. The molecule has 0 radical (unpaired) electrons. The highest BCUT2D eigenvalue weighted by molar-refractivity contribution is 6.32. The van der Waals surface area contributed by atoms with Crippen LogP contribution in [0.25, 0.3) is 10.9 Å². The first-order valence-corrected chi connectivity index (χ1v) is 8.50. The molecule has 2 heterocycles. The maximum Gasteiger partial charge on any atom is 0.248 e. The van der Waals surface area contributed by atoms with Gasteiger partial charge in [0.05, 0.1) is 16.2 Å². The molecule has 1 fully saturated rings. The van der Waals surface area contributed by atoms with E-state index in [1.54, 1.807) is 7.11 Å². The second kappa shape index (κ2) is 7.47. The minimum absolute atomic E-state index is 0.0508. The Bertz CT molecular complexity index is 742. The van der Waals surface area contributed by atoms with E-state index in [4.69, 9.17) is 21.3 Å². The summed E-state index contributed by atoms with van der Waals surface area (Å²) in [4.78, 5) is 20.7. The molecule has 1 amide bonds. The summed E-state index contributed by atoms with van der Waals surface area (Å²) in [5.41, 5.74) is 2.96. The number of carbonyl (C=O) groups is 1. The summed E-state index contributed by atoms with van der Waals surface area (Å²) >= 11 is 6.54. The molecule has 1 aromatic carbocycles. The number of amides is 1. The van der Waals surface area contributed by atoms with Crippen LogP contribution in [0.5, 0.6) is 0 Å². The van der Waals surface area contributed by atoms with Gasteiger partial charge in [-0.1, -0.05) is 29.8 Å². The van der Waals surface area contributed by atoms with Crippen molar-refractivity contribution >= 4 is 28.4 Å². The Balaban J connectivity index is 1.70. The standard InChI is InChI=1S/C18H22ClN3O2/c1-13-14-5-3-4-6-15(14)20-16(18(13)19)11-21-7-9-22(10-8-21)17(23)12-24-2/h3-6H,7-12H2,1-2H3. The van der Waals surface area contributed by atoms with Gasteiger partial charge in [-0.3, -0.25) is 9.69 Å². The number of methoxy groups -OCH3 is 1. The van der Waals surface area contributed by atoms with Crippen LogP contribution in [0.2, 0.25) is 5.02 Å². The Morgan fingerprint density at radius 2 is 1.96 bits per heavy atom. The largest absolute Gasteiger partial charge is 0.375 e. The SMILES string of the molecule is COCC(=O)N1CCN(Cc2nc3ccccc3c(C)c2Cl)CC1. The maximum atomic E-state index is 11.9. The summed E-state index contributed by atoms with van der Waals surface area (Å²) in [5, 5.41) is 1.84. The third-order valence-electron chi connectivity index (χ3n) is 4.51. The fraction of sp³-hybridized carbons (Fsp3) is 0.444. The molecule has 1 aliphatic rings. The van der Waals surface area contributed by atoms with E-state index in [0.29, 0.717) is 19.6 Å². The molecule has 5 nitrogen and oxygen atoms in total. The zero-order valence-corrected chi connectivity index (χ0v) is 14.8. The third-order valence-corrected chi connectivity index (χ3v) is 5.01. The van der Waals surface area contributed by atoms with Gasteiger partial charge in [-0.2, -0.15) is 0 Å². The van der Waals surface area contributed by atoms with Crippen LogP contribution < -0.4 is 0 Å². The van der Waals surface area contributed by atoms with E-state index in [-0.39, 0.29) is 12.5 Å². The van der Waals surface area contributed by atoms with Gasteiger partial charge in [-0.25, -0.2) is 4.98 Å². The second-order valence-corrected chi connectivity index (χ2v) is 6.48. The van der Waals surface area contributed by atoms with Crippen molar-refractivity contribution in [2.75, 3.05) is 39.9 Å². The number of carbonyl (C=O) groups excluding carboxylic acids is 1. The van der Waals surface area contributed by atoms with Gasteiger partial charge in [0.25, 0.3) is 0 Å². The predicted molar refractivity (Wildman–Crippen MR) is 95.2 cm³/mol. The van der Waals surface area contributed by atoms with Crippen LogP contribution in [0.4, 0.5) is 0 Å². The molecule has 24 heavy (non-hydrogen) atoms. The van der Waals surface area contributed by atoms with Gasteiger partial charge in [0.15, 0.2) is 0 Å². The number of hydrogen-bond acceptors (Lipinski definition) is 4. The average Bonchev–Trinajstić information content (AvgIpc) is 2.60. The van der Waals surface area contributed by atoms with Gasteiger partial charge < -0.3 is 9.64 Å². The van der Waals surface area contributed by atoms with Crippen LogP contribution in [0.1, 0.15) is 11.3 Å². The number of nitrogens with zero attached hydrogens (tertiary/aromatic N) is 3. The number of piperazine rings is 1. The molecule has 1 saturated heterocycles. The van der Waals surface area contributed by atoms with Gasteiger partial charge in [0, 0.05) is 45.2 Å². The van der Waals surface area contributed by atoms with Crippen LogP contribution in [0, 0.1) is 6.92 Å². The fourth-order valence-corrected chi connectivity index (χ4v) is 3.31. The first-order chi connectivity index (χ1) is 11.6. The monoisotopic (exact) mass is 347 g/mol. The van der Waals surface area contributed by atoms with Crippen molar-refractivity contribution in [2.45, 2.75) is 13.5 Å². The number of halogens is 1. The number of hydrogen-bond donors (Lipinski definition) is 0. The molecule has 3 rings (SSSR count). The minimum atomic E-state index is 0.0508. The Kier molecular flexibility index (Phi) is 5.33. The molecular formula is C18H22ClN3O2. The van der Waals surface area contributed by atoms with Crippen LogP contribution in [0.15, 0.2) is 24.3 Å². The van der Waals surface area contributed by atoms with E-state index >= 15 is 0 Å². The second-order valence-electron chi connectivity index (χ2n) is 6.10. The lowest BCUT2D eigenvalue weighted by Gasteiger charge is -2.34.